The Balaban J connectivity index is 2.28. The van der Waals surface area contributed by atoms with Crippen molar-refractivity contribution in [2.45, 2.75) is 26.7 Å². The quantitative estimate of drug-likeness (QED) is 0.327. The molecule has 0 aliphatic heterocycles. The molecule has 0 bridgehead atoms. The number of allylic oxidation sites excluding steroid dienone is 1. The average molecular weight is 516 g/mol. The molecule has 1 aliphatic rings. The Hall–Kier alpha value is -1.19. The number of hydrogen-bond acceptors (Lipinski definition) is 4. The van der Waals surface area contributed by atoms with Crippen LogP contribution in [0.15, 0.2) is 83.1 Å². The standard InChI is InChI=1S/C20H21IO4S2/c1-2-16-13-20(14-17(16)15-21,26(22,23)18-9-5-3-6-10-18)27(24,25)19-11-7-4-8-12-19/h2-12,16-17H,1,13-15H2/t16-,17-/m1/s1. The Kier molecular flexibility index (Phi) is 5.84. The molecular weight excluding hydrogens is 495 g/mol. The molecule has 2 aromatic carbocycles. The molecule has 0 heterocycles. The van der Waals surface area contributed by atoms with E-state index in [0.29, 0.717) is 4.43 Å². The van der Waals surface area contributed by atoms with E-state index in [1.165, 1.54) is 24.3 Å². The van der Waals surface area contributed by atoms with Crippen LogP contribution in [0.5, 0.6) is 0 Å². The third kappa shape index (κ3) is 3.27. The van der Waals surface area contributed by atoms with Crippen molar-refractivity contribution in [3.8, 4) is 0 Å². The maximum Gasteiger partial charge on any atom is 0.198 e. The Morgan fingerprint density at radius 1 is 0.889 bits per heavy atom. The van der Waals surface area contributed by atoms with Gasteiger partial charge in [-0.3, -0.25) is 0 Å². The normalized spacial score (nSPS) is 22.4. The monoisotopic (exact) mass is 516 g/mol. The Labute approximate surface area is 174 Å². The summed E-state index contributed by atoms with van der Waals surface area (Å²) in [7, 11) is -8.26. The summed E-state index contributed by atoms with van der Waals surface area (Å²) in [6, 6.07) is 15.8. The molecule has 144 valence electrons. The van der Waals surface area contributed by atoms with Crippen molar-refractivity contribution in [1.29, 1.82) is 0 Å². The SMILES string of the molecule is C=C[C@@H]1CC(S(=O)(=O)c2ccccc2)(S(=O)(=O)c2ccccc2)C[C@@H]1CI. The smallest absolute Gasteiger partial charge is 0.198 e. The molecule has 2 atom stereocenters. The molecule has 1 fully saturated rings. The van der Waals surface area contributed by atoms with Crippen molar-refractivity contribution in [1.82, 2.24) is 0 Å². The zero-order valence-electron chi connectivity index (χ0n) is 14.7. The fourth-order valence-corrected chi connectivity index (χ4v) is 10.1. The minimum Gasteiger partial charge on any atom is -0.222 e. The molecule has 2 aromatic rings. The molecule has 0 spiro atoms. The molecule has 27 heavy (non-hydrogen) atoms. The van der Waals surface area contributed by atoms with Crippen molar-refractivity contribution in [3.05, 3.63) is 73.3 Å². The minimum absolute atomic E-state index is 0.0264. The van der Waals surface area contributed by atoms with Gasteiger partial charge in [0.1, 0.15) is 0 Å². The third-order valence-electron chi connectivity index (χ3n) is 5.31. The van der Waals surface area contributed by atoms with Gasteiger partial charge in [0.25, 0.3) is 0 Å². The largest absolute Gasteiger partial charge is 0.222 e. The molecule has 0 saturated heterocycles. The number of sulfone groups is 2. The lowest BCUT2D eigenvalue weighted by atomic mass is 9.99. The third-order valence-corrected chi connectivity index (χ3v) is 12.2. The average Bonchev–Trinajstić information content (AvgIpc) is 3.11. The first kappa shape index (κ1) is 20.5. The first-order valence-corrected chi connectivity index (χ1v) is 13.1. The van der Waals surface area contributed by atoms with Gasteiger partial charge in [0.15, 0.2) is 23.8 Å². The van der Waals surface area contributed by atoms with Gasteiger partial charge in [-0.25, -0.2) is 16.8 Å². The highest BCUT2D eigenvalue weighted by Gasteiger charge is 2.61. The zero-order chi connectivity index (χ0) is 19.7. The number of rotatable bonds is 6. The molecule has 0 N–H and O–H groups in total. The Morgan fingerprint density at radius 2 is 1.33 bits per heavy atom. The van der Waals surface area contributed by atoms with Gasteiger partial charge in [0, 0.05) is 4.43 Å². The van der Waals surface area contributed by atoms with Crippen LogP contribution in [0.3, 0.4) is 0 Å². The lowest BCUT2D eigenvalue weighted by Gasteiger charge is -2.29. The molecule has 4 nitrogen and oxygen atoms in total. The van der Waals surface area contributed by atoms with E-state index >= 15 is 0 Å². The van der Waals surface area contributed by atoms with Gasteiger partial charge in [-0.2, -0.15) is 0 Å². The van der Waals surface area contributed by atoms with Crippen LogP contribution in [-0.2, 0) is 19.7 Å². The lowest BCUT2D eigenvalue weighted by Crippen LogP contribution is -2.44. The maximum atomic E-state index is 13.7. The second-order valence-corrected chi connectivity index (χ2v) is 12.4. The van der Waals surface area contributed by atoms with Crippen LogP contribution >= 0.6 is 22.6 Å². The van der Waals surface area contributed by atoms with Crippen LogP contribution in [0.1, 0.15) is 12.8 Å². The van der Waals surface area contributed by atoms with Crippen molar-refractivity contribution in [2.24, 2.45) is 11.8 Å². The fraction of sp³-hybridized carbons (Fsp3) is 0.300. The van der Waals surface area contributed by atoms with Crippen molar-refractivity contribution < 1.29 is 16.8 Å². The highest BCUT2D eigenvalue weighted by Crippen LogP contribution is 2.52. The summed E-state index contributed by atoms with van der Waals surface area (Å²) in [6.07, 6.45) is 1.80. The highest BCUT2D eigenvalue weighted by atomic mass is 127. The summed E-state index contributed by atoms with van der Waals surface area (Å²) in [5, 5.41) is 0. The number of halogens is 1. The van der Waals surface area contributed by atoms with E-state index in [2.05, 4.69) is 29.2 Å². The van der Waals surface area contributed by atoms with E-state index in [1.807, 2.05) is 0 Å². The summed E-state index contributed by atoms with van der Waals surface area (Å²) in [5.74, 6) is -0.223. The minimum atomic E-state index is -4.13. The van der Waals surface area contributed by atoms with E-state index in [4.69, 9.17) is 0 Å². The molecule has 0 amide bonds. The van der Waals surface area contributed by atoms with Gasteiger partial charge in [0.05, 0.1) is 9.79 Å². The molecular formula is C20H21IO4S2. The lowest BCUT2D eigenvalue weighted by molar-refractivity contribution is 0.518. The summed E-state index contributed by atoms with van der Waals surface area (Å²) in [4.78, 5) is 0.0860. The van der Waals surface area contributed by atoms with Gasteiger partial charge in [-0.05, 0) is 48.9 Å². The van der Waals surface area contributed by atoms with Gasteiger partial charge >= 0.3 is 0 Å². The number of hydrogen-bond donors (Lipinski definition) is 0. The summed E-state index contributed by atoms with van der Waals surface area (Å²) in [6.45, 7) is 3.82. The number of alkyl halides is 1. The molecule has 1 saturated carbocycles. The van der Waals surface area contributed by atoms with Gasteiger partial charge in [-0.15, -0.1) is 6.58 Å². The molecule has 0 aromatic heterocycles. The molecule has 3 rings (SSSR count). The van der Waals surface area contributed by atoms with Crippen LogP contribution in [0.4, 0.5) is 0 Å². The van der Waals surface area contributed by atoms with Gasteiger partial charge in [0.2, 0.25) is 0 Å². The first-order valence-electron chi connectivity index (χ1n) is 8.58. The topological polar surface area (TPSA) is 68.3 Å². The zero-order valence-corrected chi connectivity index (χ0v) is 18.5. The Morgan fingerprint density at radius 3 is 1.67 bits per heavy atom. The van der Waals surface area contributed by atoms with E-state index < -0.39 is 23.8 Å². The first-order chi connectivity index (χ1) is 12.8. The van der Waals surface area contributed by atoms with Crippen LogP contribution in [-0.4, -0.2) is 25.3 Å². The van der Waals surface area contributed by atoms with E-state index in [0.717, 1.165) is 0 Å². The molecule has 0 unspecified atom stereocenters. The van der Waals surface area contributed by atoms with Crippen molar-refractivity contribution >= 4 is 42.3 Å². The van der Waals surface area contributed by atoms with Crippen molar-refractivity contribution in [2.75, 3.05) is 4.43 Å². The maximum absolute atomic E-state index is 13.7. The van der Waals surface area contributed by atoms with Gasteiger partial charge in [-0.1, -0.05) is 65.1 Å². The second-order valence-electron chi connectivity index (χ2n) is 6.77. The predicted molar refractivity (Wildman–Crippen MR) is 115 cm³/mol. The molecule has 7 heteroatoms. The van der Waals surface area contributed by atoms with Crippen LogP contribution in [0.2, 0.25) is 0 Å². The summed E-state index contributed by atoms with van der Waals surface area (Å²) in [5.41, 5.74) is 0. The predicted octanol–water partition coefficient (Wildman–Crippen LogP) is 4.28. The van der Waals surface area contributed by atoms with E-state index in [9.17, 15) is 16.8 Å². The van der Waals surface area contributed by atoms with Crippen LogP contribution < -0.4 is 0 Å². The number of benzene rings is 2. The highest BCUT2D eigenvalue weighted by molar-refractivity contribution is 14.1. The van der Waals surface area contributed by atoms with Gasteiger partial charge < -0.3 is 0 Å². The van der Waals surface area contributed by atoms with E-state index in [1.54, 1.807) is 42.5 Å². The summed E-state index contributed by atoms with van der Waals surface area (Å²) >= 11 is 2.19. The van der Waals surface area contributed by atoms with Crippen molar-refractivity contribution in [3.63, 3.8) is 0 Å². The summed E-state index contributed by atoms with van der Waals surface area (Å²) < 4.78 is 53.5. The molecule has 1 aliphatic carbocycles. The van der Waals surface area contributed by atoms with Crippen LogP contribution in [0.25, 0.3) is 0 Å². The molecule has 0 radical (unpaired) electrons. The van der Waals surface area contributed by atoms with E-state index in [-0.39, 0.29) is 34.5 Å². The second kappa shape index (κ2) is 7.67. The Bertz CT molecular complexity index is 947. The van der Waals surface area contributed by atoms with Crippen LogP contribution in [0, 0.1) is 11.8 Å². The fourth-order valence-electron chi connectivity index (χ4n) is 3.82.